The lowest BCUT2D eigenvalue weighted by molar-refractivity contribution is -0.127. The normalized spacial score (nSPS) is 14.4. The number of allylic oxidation sites excluding steroid dienone is 2. The van der Waals surface area contributed by atoms with Crippen LogP contribution in [0.1, 0.15) is 56.7 Å². The monoisotopic (exact) mass is 401 g/mol. The zero-order valence-corrected chi connectivity index (χ0v) is 18.2. The van der Waals surface area contributed by atoms with Gasteiger partial charge in [0.25, 0.3) is 0 Å². The van der Waals surface area contributed by atoms with Gasteiger partial charge in [0.1, 0.15) is 5.76 Å². The van der Waals surface area contributed by atoms with Crippen LogP contribution in [0.2, 0.25) is 0 Å². The molecule has 5 nitrogen and oxygen atoms in total. The molecule has 0 atom stereocenters. The first-order valence-corrected chi connectivity index (χ1v) is 11.1. The molecule has 0 aromatic carbocycles. The third-order valence-electron chi connectivity index (χ3n) is 5.10. The SMILES string of the molecule is Cc1nc(SCC(=O)N(Cc2ccco2)C2=CCCCC2)n(CC(C)C)c1C. The third kappa shape index (κ3) is 5.10. The van der Waals surface area contributed by atoms with Crippen molar-refractivity contribution in [3.8, 4) is 0 Å². The van der Waals surface area contributed by atoms with Gasteiger partial charge in [-0.3, -0.25) is 4.79 Å². The predicted molar refractivity (Wildman–Crippen MR) is 113 cm³/mol. The van der Waals surface area contributed by atoms with Crippen LogP contribution >= 0.6 is 11.8 Å². The lowest BCUT2D eigenvalue weighted by Crippen LogP contribution is -2.32. The summed E-state index contributed by atoms with van der Waals surface area (Å²) >= 11 is 1.54. The average Bonchev–Trinajstić information content (AvgIpc) is 3.28. The van der Waals surface area contributed by atoms with E-state index >= 15 is 0 Å². The summed E-state index contributed by atoms with van der Waals surface area (Å²) in [6.45, 7) is 9.96. The van der Waals surface area contributed by atoms with Crippen LogP contribution < -0.4 is 0 Å². The van der Waals surface area contributed by atoms with Crippen molar-refractivity contribution < 1.29 is 9.21 Å². The van der Waals surface area contributed by atoms with E-state index in [1.54, 1.807) is 6.26 Å². The topological polar surface area (TPSA) is 51.3 Å². The van der Waals surface area contributed by atoms with Crippen LogP contribution in [0.3, 0.4) is 0 Å². The van der Waals surface area contributed by atoms with Gasteiger partial charge in [0.2, 0.25) is 5.91 Å². The Labute approximate surface area is 172 Å². The number of thioether (sulfide) groups is 1. The average molecular weight is 402 g/mol. The van der Waals surface area contributed by atoms with E-state index in [0.717, 1.165) is 48.1 Å². The fourth-order valence-corrected chi connectivity index (χ4v) is 4.47. The van der Waals surface area contributed by atoms with E-state index in [9.17, 15) is 4.79 Å². The van der Waals surface area contributed by atoms with Crippen molar-refractivity contribution in [2.24, 2.45) is 5.92 Å². The fraction of sp³-hybridized carbons (Fsp3) is 0.545. The van der Waals surface area contributed by atoms with Gasteiger partial charge in [0, 0.05) is 17.9 Å². The highest BCUT2D eigenvalue weighted by Gasteiger charge is 2.22. The van der Waals surface area contributed by atoms with Crippen molar-refractivity contribution >= 4 is 17.7 Å². The Morgan fingerprint density at radius 3 is 2.82 bits per heavy atom. The van der Waals surface area contributed by atoms with Gasteiger partial charge in [0.05, 0.1) is 24.3 Å². The van der Waals surface area contributed by atoms with Gasteiger partial charge in [-0.1, -0.05) is 31.7 Å². The van der Waals surface area contributed by atoms with Gasteiger partial charge in [-0.25, -0.2) is 4.98 Å². The van der Waals surface area contributed by atoms with Crippen molar-refractivity contribution in [2.45, 2.75) is 71.6 Å². The molecule has 0 saturated heterocycles. The molecule has 0 fully saturated rings. The molecule has 0 aliphatic heterocycles. The molecule has 0 N–H and O–H groups in total. The number of nitrogens with zero attached hydrogens (tertiary/aromatic N) is 3. The molecule has 0 radical (unpaired) electrons. The van der Waals surface area contributed by atoms with Crippen molar-refractivity contribution in [1.82, 2.24) is 14.5 Å². The molecule has 2 aromatic rings. The van der Waals surface area contributed by atoms with Crippen LogP contribution in [-0.2, 0) is 17.9 Å². The van der Waals surface area contributed by atoms with Crippen molar-refractivity contribution in [3.63, 3.8) is 0 Å². The van der Waals surface area contributed by atoms with Crippen LogP contribution in [0.4, 0.5) is 0 Å². The summed E-state index contributed by atoms with van der Waals surface area (Å²) in [6, 6.07) is 3.80. The molecule has 3 rings (SSSR count). The molecule has 1 aliphatic rings. The number of aromatic nitrogens is 2. The zero-order chi connectivity index (χ0) is 20.1. The molecular formula is C22H31N3O2S. The number of carbonyl (C=O) groups excluding carboxylic acids is 1. The summed E-state index contributed by atoms with van der Waals surface area (Å²) in [5.74, 6) is 1.85. The first-order valence-electron chi connectivity index (χ1n) is 10.1. The first kappa shape index (κ1) is 20.8. The highest BCUT2D eigenvalue weighted by Crippen LogP contribution is 2.27. The first-order chi connectivity index (χ1) is 13.5. The molecule has 0 saturated carbocycles. The van der Waals surface area contributed by atoms with E-state index in [0.29, 0.717) is 18.2 Å². The van der Waals surface area contributed by atoms with Crippen molar-refractivity contribution in [1.29, 1.82) is 0 Å². The van der Waals surface area contributed by atoms with E-state index in [1.807, 2.05) is 24.0 Å². The lowest BCUT2D eigenvalue weighted by atomic mass is 10.0. The standard InChI is InChI=1S/C22H31N3O2S/c1-16(2)13-24-18(4)17(3)23-22(24)28-15-21(26)25(14-20-11-8-12-27-20)19-9-6-5-7-10-19/h8-9,11-12,16H,5-7,10,13-15H2,1-4H3. The Morgan fingerprint density at radius 1 is 1.36 bits per heavy atom. The second-order valence-electron chi connectivity index (χ2n) is 7.86. The van der Waals surface area contributed by atoms with Crippen LogP contribution in [0, 0.1) is 19.8 Å². The number of hydrogen-bond donors (Lipinski definition) is 0. The fourth-order valence-electron chi connectivity index (χ4n) is 3.49. The molecule has 2 heterocycles. The molecule has 1 aliphatic carbocycles. The second-order valence-corrected chi connectivity index (χ2v) is 8.80. The number of aryl methyl sites for hydroxylation is 1. The maximum Gasteiger partial charge on any atom is 0.237 e. The Kier molecular flexibility index (Phi) is 7.05. The molecule has 2 aromatic heterocycles. The van der Waals surface area contributed by atoms with Crippen LogP contribution in [0.5, 0.6) is 0 Å². The molecule has 152 valence electrons. The molecule has 0 bridgehead atoms. The number of imidazole rings is 1. The van der Waals surface area contributed by atoms with E-state index in [1.165, 1.54) is 23.9 Å². The zero-order valence-electron chi connectivity index (χ0n) is 17.4. The summed E-state index contributed by atoms with van der Waals surface area (Å²) in [5.41, 5.74) is 3.36. The predicted octanol–water partition coefficient (Wildman–Crippen LogP) is 5.33. The Hall–Kier alpha value is -1.95. The molecule has 1 amide bonds. The maximum atomic E-state index is 13.2. The quantitative estimate of drug-likeness (QED) is 0.561. The number of carbonyl (C=O) groups is 1. The van der Waals surface area contributed by atoms with Gasteiger partial charge in [-0.2, -0.15) is 0 Å². The summed E-state index contributed by atoms with van der Waals surface area (Å²) in [4.78, 5) is 19.8. The second kappa shape index (κ2) is 9.50. The Morgan fingerprint density at radius 2 is 2.18 bits per heavy atom. The van der Waals surface area contributed by atoms with Crippen LogP contribution in [0.25, 0.3) is 0 Å². The van der Waals surface area contributed by atoms with Gasteiger partial charge in [0.15, 0.2) is 5.16 Å². The Balaban J connectivity index is 1.73. The minimum absolute atomic E-state index is 0.115. The minimum Gasteiger partial charge on any atom is -0.467 e. The van der Waals surface area contributed by atoms with E-state index in [2.05, 4.69) is 31.4 Å². The maximum absolute atomic E-state index is 13.2. The molecule has 6 heteroatoms. The molecule has 28 heavy (non-hydrogen) atoms. The van der Waals surface area contributed by atoms with Crippen molar-refractivity contribution in [2.75, 3.05) is 5.75 Å². The van der Waals surface area contributed by atoms with Gasteiger partial charge >= 0.3 is 0 Å². The number of amides is 1. The van der Waals surface area contributed by atoms with E-state index < -0.39 is 0 Å². The Bertz CT molecular complexity index is 821. The van der Waals surface area contributed by atoms with Crippen LogP contribution in [-0.4, -0.2) is 26.1 Å². The summed E-state index contributed by atoms with van der Waals surface area (Å²) < 4.78 is 7.75. The smallest absolute Gasteiger partial charge is 0.237 e. The third-order valence-corrected chi connectivity index (χ3v) is 6.07. The van der Waals surface area contributed by atoms with E-state index in [4.69, 9.17) is 9.40 Å². The minimum atomic E-state index is 0.115. The summed E-state index contributed by atoms with van der Waals surface area (Å²) in [5, 5.41) is 0.938. The van der Waals surface area contributed by atoms with Gasteiger partial charge in [-0.15, -0.1) is 0 Å². The number of furan rings is 1. The van der Waals surface area contributed by atoms with E-state index in [-0.39, 0.29) is 5.91 Å². The lowest BCUT2D eigenvalue weighted by Gasteiger charge is -2.27. The molecule has 0 spiro atoms. The summed E-state index contributed by atoms with van der Waals surface area (Å²) in [6.07, 6.45) is 8.21. The van der Waals surface area contributed by atoms with Crippen LogP contribution in [0.15, 0.2) is 39.7 Å². The number of hydrogen-bond acceptors (Lipinski definition) is 4. The van der Waals surface area contributed by atoms with Crippen molar-refractivity contribution in [3.05, 3.63) is 47.3 Å². The summed E-state index contributed by atoms with van der Waals surface area (Å²) in [7, 11) is 0. The van der Waals surface area contributed by atoms with Gasteiger partial charge < -0.3 is 13.9 Å². The largest absolute Gasteiger partial charge is 0.467 e. The molecular weight excluding hydrogens is 370 g/mol. The molecule has 0 unspecified atom stereocenters. The highest BCUT2D eigenvalue weighted by molar-refractivity contribution is 7.99. The highest BCUT2D eigenvalue weighted by atomic mass is 32.2. The van der Waals surface area contributed by atoms with Gasteiger partial charge in [-0.05, 0) is 57.6 Å². The number of rotatable bonds is 8.